The van der Waals surface area contributed by atoms with E-state index in [2.05, 4.69) is 20.7 Å². The van der Waals surface area contributed by atoms with Crippen molar-refractivity contribution in [2.24, 2.45) is 0 Å². The summed E-state index contributed by atoms with van der Waals surface area (Å²) in [7, 11) is 0. The molecule has 1 aromatic rings. The van der Waals surface area contributed by atoms with Crippen molar-refractivity contribution in [2.45, 2.75) is 70.6 Å². The second-order valence-corrected chi connectivity index (χ2v) is 7.55. The molecular weight excluding hydrogens is 308 g/mol. The molecule has 0 radical (unpaired) electrons. The highest BCUT2D eigenvalue weighted by Crippen LogP contribution is 2.22. The Morgan fingerprint density at radius 1 is 1.29 bits per heavy atom. The topological polar surface area (TPSA) is 92.2 Å². The van der Waals surface area contributed by atoms with E-state index >= 15 is 0 Å². The summed E-state index contributed by atoms with van der Waals surface area (Å²) in [5.74, 6) is 0.678. The maximum atomic E-state index is 12.5. The molecule has 2 aliphatic rings. The fourth-order valence-corrected chi connectivity index (χ4v) is 3.01. The fraction of sp³-hybridized carbons (Fsp3) is 0.750. The predicted molar refractivity (Wildman–Crippen MR) is 88.1 cm³/mol. The van der Waals surface area contributed by atoms with Crippen molar-refractivity contribution in [2.75, 3.05) is 6.54 Å². The van der Waals surface area contributed by atoms with Gasteiger partial charge < -0.3 is 15.5 Å². The van der Waals surface area contributed by atoms with Crippen molar-refractivity contribution >= 4 is 11.9 Å². The third kappa shape index (κ3) is 3.68. The Kier molecular flexibility index (Phi) is 4.47. The maximum absolute atomic E-state index is 12.5. The van der Waals surface area contributed by atoms with Crippen molar-refractivity contribution in [1.82, 2.24) is 30.3 Å². The summed E-state index contributed by atoms with van der Waals surface area (Å²) in [5.41, 5.74) is -0.198. The summed E-state index contributed by atoms with van der Waals surface area (Å²) >= 11 is 0. The van der Waals surface area contributed by atoms with Crippen LogP contribution in [-0.2, 0) is 16.9 Å². The van der Waals surface area contributed by atoms with Gasteiger partial charge >= 0.3 is 6.03 Å². The molecule has 1 atom stereocenters. The second kappa shape index (κ2) is 6.41. The van der Waals surface area contributed by atoms with Gasteiger partial charge in [-0.15, -0.1) is 0 Å². The van der Waals surface area contributed by atoms with Crippen LogP contribution in [0.25, 0.3) is 0 Å². The summed E-state index contributed by atoms with van der Waals surface area (Å²) in [6.45, 7) is 7.01. The smallest absolute Gasteiger partial charge is 0.318 e. The van der Waals surface area contributed by atoms with Crippen LogP contribution in [0.15, 0.2) is 6.33 Å². The molecule has 1 aliphatic carbocycles. The van der Waals surface area contributed by atoms with Crippen LogP contribution in [0, 0.1) is 0 Å². The molecule has 8 nitrogen and oxygen atoms in total. The molecule has 1 aliphatic heterocycles. The van der Waals surface area contributed by atoms with Crippen LogP contribution in [0.1, 0.15) is 52.3 Å². The van der Waals surface area contributed by atoms with Gasteiger partial charge in [0.25, 0.3) is 0 Å². The molecule has 0 aromatic carbocycles. The van der Waals surface area contributed by atoms with E-state index in [1.165, 1.54) is 6.33 Å². The summed E-state index contributed by atoms with van der Waals surface area (Å²) < 4.78 is 1.80. The molecule has 2 heterocycles. The van der Waals surface area contributed by atoms with Crippen LogP contribution in [0.2, 0.25) is 0 Å². The van der Waals surface area contributed by atoms with Gasteiger partial charge in [0.2, 0.25) is 5.91 Å². The number of likely N-dealkylation sites (tertiary alicyclic amines) is 1. The van der Waals surface area contributed by atoms with Crippen LogP contribution < -0.4 is 10.6 Å². The van der Waals surface area contributed by atoms with E-state index < -0.39 is 0 Å². The van der Waals surface area contributed by atoms with Gasteiger partial charge in [0.1, 0.15) is 18.2 Å². The molecule has 0 bridgehead atoms. The molecule has 132 valence electrons. The highest BCUT2D eigenvalue weighted by Gasteiger charge is 2.36. The Balaban J connectivity index is 1.58. The molecule has 3 rings (SSSR count). The molecule has 1 unspecified atom stereocenters. The Hall–Kier alpha value is -2.12. The van der Waals surface area contributed by atoms with E-state index in [-0.39, 0.29) is 23.5 Å². The fourth-order valence-electron chi connectivity index (χ4n) is 3.01. The van der Waals surface area contributed by atoms with E-state index in [9.17, 15) is 9.59 Å². The Bertz CT molecular complexity index is 616. The monoisotopic (exact) mass is 334 g/mol. The zero-order valence-corrected chi connectivity index (χ0v) is 14.6. The van der Waals surface area contributed by atoms with Gasteiger partial charge in [0, 0.05) is 12.6 Å². The summed E-state index contributed by atoms with van der Waals surface area (Å²) in [5, 5.41) is 10.1. The first-order valence-corrected chi connectivity index (χ1v) is 8.60. The lowest BCUT2D eigenvalue weighted by atomic mass is 10.1. The lowest BCUT2D eigenvalue weighted by molar-refractivity contribution is -0.124. The van der Waals surface area contributed by atoms with Gasteiger partial charge in [-0.25, -0.2) is 14.5 Å². The third-order valence-corrected chi connectivity index (χ3v) is 4.39. The number of hydrogen-bond acceptors (Lipinski definition) is 4. The molecule has 1 saturated heterocycles. The zero-order chi connectivity index (χ0) is 17.3. The van der Waals surface area contributed by atoms with Crippen molar-refractivity contribution in [3.63, 3.8) is 0 Å². The molecule has 1 saturated carbocycles. The lowest BCUT2D eigenvalue weighted by Crippen LogP contribution is -2.50. The van der Waals surface area contributed by atoms with E-state index in [0.29, 0.717) is 25.0 Å². The minimum atomic E-state index is -0.355. The Morgan fingerprint density at radius 2 is 2.04 bits per heavy atom. The number of rotatable bonds is 4. The molecule has 24 heavy (non-hydrogen) atoms. The molecule has 1 aromatic heterocycles. The zero-order valence-electron chi connectivity index (χ0n) is 14.6. The number of amides is 3. The minimum absolute atomic E-state index is 0.0250. The molecule has 2 fully saturated rings. The van der Waals surface area contributed by atoms with Gasteiger partial charge in [-0.2, -0.15) is 5.10 Å². The quantitative estimate of drug-likeness (QED) is 0.859. The van der Waals surface area contributed by atoms with Crippen molar-refractivity contribution in [1.29, 1.82) is 0 Å². The van der Waals surface area contributed by atoms with E-state index in [0.717, 1.165) is 25.7 Å². The van der Waals surface area contributed by atoms with Gasteiger partial charge in [-0.1, -0.05) is 0 Å². The minimum Gasteiger partial charge on any atom is -0.352 e. The second-order valence-electron chi connectivity index (χ2n) is 7.55. The average Bonchev–Trinajstić information content (AvgIpc) is 3.04. The van der Waals surface area contributed by atoms with Crippen LogP contribution in [0.5, 0.6) is 0 Å². The number of nitrogens with one attached hydrogen (secondary N) is 2. The SMILES string of the molecule is CC(C)(C)n1ncnc1CNC(=O)N1CCCC1C(=O)NC1CC1. The highest BCUT2D eigenvalue weighted by atomic mass is 16.2. The van der Waals surface area contributed by atoms with E-state index in [1.807, 2.05) is 20.8 Å². The number of carbonyl (C=O) groups is 2. The normalized spacial score (nSPS) is 21.0. The van der Waals surface area contributed by atoms with E-state index in [1.54, 1.807) is 9.58 Å². The Labute approximate surface area is 142 Å². The van der Waals surface area contributed by atoms with Gasteiger partial charge in [0.05, 0.1) is 12.1 Å². The summed E-state index contributed by atoms with van der Waals surface area (Å²) in [4.78, 5) is 30.6. The van der Waals surface area contributed by atoms with Crippen molar-refractivity contribution in [3.05, 3.63) is 12.2 Å². The van der Waals surface area contributed by atoms with E-state index in [4.69, 9.17) is 0 Å². The Morgan fingerprint density at radius 3 is 2.71 bits per heavy atom. The largest absolute Gasteiger partial charge is 0.352 e. The molecule has 8 heteroatoms. The first kappa shape index (κ1) is 16.7. The van der Waals surface area contributed by atoms with Crippen LogP contribution in [0.4, 0.5) is 4.79 Å². The maximum Gasteiger partial charge on any atom is 0.318 e. The van der Waals surface area contributed by atoms with Gasteiger partial charge in [-0.3, -0.25) is 4.79 Å². The number of hydrogen-bond donors (Lipinski definition) is 2. The lowest BCUT2D eigenvalue weighted by Gasteiger charge is -2.25. The average molecular weight is 334 g/mol. The number of nitrogens with zero attached hydrogens (tertiary/aromatic N) is 4. The molecular formula is C16H26N6O2. The molecule has 2 N–H and O–H groups in total. The number of carbonyl (C=O) groups excluding carboxylic acids is 2. The summed E-state index contributed by atoms with van der Waals surface area (Å²) in [6.07, 6.45) is 5.17. The van der Waals surface area contributed by atoms with Crippen LogP contribution in [-0.4, -0.2) is 50.2 Å². The highest BCUT2D eigenvalue weighted by molar-refractivity contribution is 5.88. The molecule has 0 spiro atoms. The van der Waals surface area contributed by atoms with Gasteiger partial charge in [0.15, 0.2) is 0 Å². The first-order chi connectivity index (χ1) is 11.4. The number of aromatic nitrogens is 3. The molecule has 3 amide bonds. The third-order valence-electron chi connectivity index (χ3n) is 4.39. The van der Waals surface area contributed by atoms with Crippen molar-refractivity contribution in [3.8, 4) is 0 Å². The summed E-state index contributed by atoms with van der Waals surface area (Å²) in [6, 6.07) is -0.258. The van der Waals surface area contributed by atoms with Crippen molar-refractivity contribution < 1.29 is 9.59 Å². The first-order valence-electron chi connectivity index (χ1n) is 8.60. The predicted octanol–water partition coefficient (Wildman–Crippen LogP) is 0.986. The standard InChI is InChI=1S/C16H26N6O2/c1-16(2,3)22-13(18-10-19-22)9-17-15(24)21-8-4-5-12(21)14(23)20-11-6-7-11/h10-12H,4-9H2,1-3H3,(H,17,24)(H,20,23). The van der Waals surface area contributed by atoms with Crippen LogP contribution >= 0.6 is 0 Å². The van der Waals surface area contributed by atoms with Crippen LogP contribution in [0.3, 0.4) is 0 Å². The van der Waals surface area contributed by atoms with Gasteiger partial charge in [-0.05, 0) is 46.5 Å². The number of urea groups is 1.